The number of allylic oxidation sites excluding steroid dienone is 2. The van der Waals surface area contributed by atoms with Gasteiger partial charge in [-0.05, 0) is 45.7 Å². The second kappa shape index (κ2) is 21.6. The fourth-order valence-electron chi connectivity index (χ4n) is 3.13. The maximum atomic E-state index is 11.8. The lowest BCUT2D eigenvalue weighted by molar-refractivity contribution is -0.121. The SMILES string of the molecule is CCCC/C=C/CC(=O)NCCCN(CCCNC(=O)C/C=C/CCCC)CC(C)O. The third kappa shape index (κ3) is 21.4. The van der Waals surface area contributed by atoms with Crippen LogP contribution in [0.25, 0.3) is 0 Å². The molecule has 0 bridgehead atoms. The molecule has 0 aliphatic carbocycles. The maximum absolute atomic E-state index is 11.8. The van der Waals surface area contributed by atoms with Crippen molar-refractivity contribution in [3.8, 4) is 0 Å². The highest BCUT2D eigenvalue weighted by atomic mass is 16.3. The van der Waals surface area contributed by atoms with Crippen molar-refractivity contribution < 1.29 is 14.7 Å². The summed E-state index contributed by atoms with van der Waals surface area (Å²) >= 11 is 0. The number of carbonyl (C=O) groups excluding carboxylic acids is 2. The molecule has 0 radical (unpaired) electrons. The van der Waals surface area contributed by atoms with E-state index in [-0.39, 0.29) is 11.8 Å². The Morgan fingerprint density at radius 3 is 1.65 bits per heavy atom. The van der Waals surface area contributed by atoms with Crippen LogP contribution in [0.4, 0.5) is 0 Å². The second-order valence-electron chi connectivity index (χ2n) is 8.19. The monoisotopic (exact) mass is 437 g/mol. The minimum atomic E-state index is -0.398. The van der Waals surface area contributed by atoms with Crippen molar-refractivity contribution >= 4 is 11.8 Å². The number of aliphatic hydroxyl groups is 1. The average Bonchev–Trinajstić information content (AvgIpc) is 2.73. The highest BCUT2D eigenvalue weighted by molar-refractivity contribution is 5.77. The predicted molar refractivity (Wildman–Crippen MR) is 130 cm³/mol. The summed E-state index contributed by atoms with van der Waals surface area (Å²) in [6, 6.07) is 0. The molecular weight excluding hydrogens is 390 g/mol. The first-order valence-electron chi connectivity index (χ1n) is 12.2. The van der Waals surface area contributed by atoms with Gasteiger partial charge in [-0.25, -0.2) is 0 Å². The molecule has 0 saturated heterocycles. The molecule has 1 atom stereocenters. The number of hydrogen-bond acceptors (Lipinski definition) is 4. The van der Waals surface area contributed by atoms with Crippen molar-refractivity contribution in [3.63, 3.8) is 0 Å². The van der Waals surface area contributed by atoms with E-state index in [0.29, 0.717) is 32.5 Å². The van der Waals surface area contributed by atoms with Crippen molar-refractivity contribution in [1.82, 2.24) is 15.5 Å². The van der Waals surface area contributed by atoms with E-state index in [1.165, 1.54) is 12.8 Å². The molecule has 3 N–H and O–H groups in total. The summed E-state index contributed by atoms with van der Waals surface area (Å²) in [7, 11) is 0. The quantitative estimate of drug-likeness (QED) is 0.199. The van der Waals surface area contributed by atoms with E-state index in [0.717, 1.165) is 51.6 Å². The average molecular weight is 438 g/mol. The predicted octanol–water partition coefficient (Wildman–Crippen LogP) is 3.95. The molecule has 0 aromatic carbocycles. The van der Waals surface area contributed by atoms with Gasteiger partial charge in [-0.3, -0.25) is 9.59 Å². The summed E-state index contributed by atoms with van der Waals surface area (Å²) in [4.78, 5) is 25.9. The Labute approximate surface area is 190 Å². The summed E-state index contributed by atoms with van der Waals surface area (Å²) in [6.07, 6.45) is 16.9. The summed E-state index contributed by atoms with van der Waals surface area (Å²) in [6.45, 7) is 9.60. The third-order valence-corrected chi connectivity index (χ3v) is 4.86. The Morgan fingerprint density at radius 1 is 0.806 bits per heavy atom. The van der Waals surface area contributed by atoms with E-state index in [2.05, 4.69) is 41.5 Å². The van der Waals surface area contributed by atoms with Crippen LogP contribution < -0.4 is 10.6 Å². The van der Waals surface area contributed by atoms with Crippen LogP contribution in [-0.4, -0.2) is 60.6 Å². The highest BCUT2D eigenvalue weighted by Crippen LogP contribution is 1.99. The van der Waals surface area contributed by atoms with Crippen molar-refractivity contribution in [2.45, 2.75) is 91.1 Å². The lowest BCUT2D eigenvalue weighted by atomic mass is 10.2. The van der Waals surface area contributed by atoms with Gasteiger partial charge < -0.3 is 20.6 Å². The van der Waals surface area contributed by atoms with Crippen LogP contribution in [-0.2, 0) is 9.59 Å². The number of hydrogen-bond donors (Lipinski definition) is 3. The first kappa shape index (κ1) is 29.3. The number of carbonyl (C=O) groups is 2. The number of nitrogens with zero attached hydrogens (tertiary/aromatic N) is 1. The van der Waals surface area contributed by atoms with Gasteiger partial charge in [-0.15, -0.1) is 0 Å². The van der Waals surface area contributed by atoms with Gasteiger partial charge in [-0.2, -0.15) is 0 Å². The number of aliphatic hydroxyl groups excluding tert-OH is 1. The zero-order valence-corrected chi connectivity index (χ0v) is 20.2. The van der Waals surface area contributed by atoms with Gasteiger partial charge in [0.1, 0.15) is 0 Å². The van der Waals surface area contributed by atoms with Crippen LogP contribution in [0.3, 0.4) is 0 Å². The fraction of sp³-hybridized carbons (Fsp3) is 0.760. The first-order chi connectivity index (χ1) is 15.0. The van der Waals surface area contributed by atoms with E-state index in [9.17, 15) is 14.7 Å². The number of rotatable bonds is 20. The molecule has 0 heterocycles. The Kier molecular flexibility index (Phi) is 20.4. The normalized spacial score (nSPS) is 12.7. The minimum Gasteiger partial charge on any atom is -0.392 e. The number of amides is 2. The molecule has 31 heavy (non-hydrogen) atoms. The lowest BCUT2D eigenvalue weighted by Gasteiger charge is -2.23. The van der Waals surface area contributed by atoms with Gasteiger partial charge >= 0.3 is 0 Å². The molecule has 0 spiro atoms. The Morgan fingerprint density at radius 2 is 1.26 bits per heavy atom. The molecule has 0 aromatic rings. The van der Waals surface area contributed by atoms with Crippen LogP contribution >= 0.6 is 0 Å². The van der Waals surface area contributed by atoms with E-state index in [1.807, 2.05) is 12.2 Å². The summed E-state index contributed by atoms with van der Waals surface area (Å²) in [5, 5.41) is 15.6. The van der Waals surface area contributed by atoms with Crippen LogP contribution in [0.1, 0.15) is 85.0 Å². The molecule has 0 aliphatic heterocycles. The van der Waals surface area contributed by atoms with E-state index < -0.39 is 6.10 Å². The van der Waals surface area contributed by atoms with Gasteiger partial charge in [0.25, 0.3) is 0 Å². The third-order valence-electron chi connectivity index (χ3n) is 4.86. The summed E-state index contributed by atoms with van der Waals surface area (Å²) in [5.74, 6) is 0.113. The lowest BCUT2D eigenvalue weighted by Crippen LogP contribution is -2.36. The summed E-state index contributed by atoms with van der Waals surface area (Å²) in [5.41, 5.74) is 0. The molecule has 0 saturated carbocycles. The molecule has 2 amide bonds. The van der Waals surface area contributed by atoms with E-state index in [1.54, 1.807) is 6.92 Å². The molecule has 0 fully saturated rings. The van der Waals surface area contributed by atoms with Gasteiger partial charge in [0.15, 0.2) is 0 Å². The number of nitrogens with one attached hydrogen (secondary N) is 2. The number of unbranched alkanes of at least 4 members (excludes halogenated alkanes) is 4. The van der Waals surface area contributed by atoms with Gasteiger partial charge in [-0.1, -0.05) is 63.8 Å². The van der Waals surface area contributed by atoms with Crippen molar-refractivity contribution in [2.75, 3.05) is 32.7 Å². The van der Waals surface area contributed by atoms with Crippen molar-refractivity contribution in [2.24, 2.45) is 0 Å². The molecule has 6 nitrogen and oxygen atoms in total. The van der Waals surface area contributed by atoms with E-state index in [4.69, 9.17) is 0 Å². The molecule has 180 valence electrons. The van der Waals surface area contributed by atoms with E-state index >= 15 is 0 Å². The zero-order chi connectivity index (χ0) is 23.2. The van der Waals surface area contributed by atoms with Crippen LogP contribution in [0, 0.1) is 0 Å². The Bertz CT molecular complexity index is 464. The Hall–Kier alpha value is -1.66. The molecular formula is C25H47N3O3. The van der Waals surface area contributed by atoms with Gasteiger partial charge in [0.05, 0.1) is 6.10 Å². The first-order valence-corrected chi connectivity index (χ1v) is 12.2. The Balaban J connectivity index is 3.95. The van der Waals surface area contributed by atoms with Crippen LogP contribution in [0.15, 0.2) is 24.3 Å². The topological polar surface area (TPSA) is 81.7 Å². The van der Waals surface area contributed by atoms with Crippen LogP contribution in [0.2, 0.25) is 0 Å². The molecule has 1 unspecified atom stereocenters. The minimum absolute atomic E-state index is 0.0567. The van der Waals surface area contributed by atoms with Crippen molar-refractivity contribution in [3.05, 3.63) is 24.3 Å². The summed E-state index contributed by atoms with van der Waals surface area (Å²) < 4.78 is 0. The molecule has 0 aromatic heterocycles. The second-order valence-corrected chi connectivity index (χ2v) is 8.19. The van der Waals surface area contributed by atoms with Crippen LogP contribution in [0.5, 0.6) is 0 Å². The zero-order valence-electron chi connectivity index (χ0n) is 20.2. The smallest absolute Gasteiger partial charge is 0.223 e. The molecule has 0 aliphatic rings. The fourth-order valence-corrected chi connectivity index (χ4v) is 3.13. The molecule has 0 rings (SSSR count). The largest absolute Gasteiger partial charge is 0.392 e. The highest BCUT2D eigenvalue weighted by Gasteiger charge is 2.08. The van der Waals surface area contributed by atoms with Gasteiger partial charge in [0, 0.05) is 32.5 Å². The standard InChI is InChI=1S/C25H47N3O3/c1-4-6-8-10-12-16-24(30)26-18-14-20-28(22-23(3)29)21-15-19-27-25(31)17-13-11-9-7-5-2/h10-13,23,29H,4-9,14-22H2,1-3H3,(H,26,30)(H,27,31)/b12-10+,13-11+. The molecule has 6 heteroatoms. The van der Waals surface area contributed by atoms with Crippen molar-refractivity contribution in [1.29, 1.82) is 0 Å². The maximum Gasteiger partial charge on any atom is 0.223 e. The van der Waals surface area contributed by atoms with Gasteiger partial charge in [0.2, 0.25) is 11.8 Å².